The van der Waals surface area contributed by atoms with Crippen LogP contribution in [-0.2, 0) is 13.0 Å². The summed E-state index contributed by atoms with van der Waals surface area (Å²) in [6, 6.07) is 1.88. The SMILES string of the molecule is CCc1cc2c(=O)n(Cc3nc(C(=O)O)cs3)c(C)nc2s1. The summed E-state index contributed by atoms with van der Waals surface area (Å²) in [5, 5.41) is 11.6. The van der Waals surface area contributed by atoms with Crippen molar-refractivity contribution < 1.29 is 9.90 Å². The Kier molecular flexibility index (Phi) is 3.79. The van der Waals surface area contributed by atoms with Crippen molar-refractivity contribution in [1.29, 1.82) is 0 Å². The summed E-state index contributed by atoms with van der Waals surface area (Å²) in [6.45, 7) is 4.06. The predicted octanol–water partition coefficient (Wildman–Crippen LogP) is 2.53. The van der Waals surface area contributed by atoms with Crippen molar-refractivity contribution in [3.63, 3.8) is 0 Å². The quantitative estimate of drug-likeness (QED) is 0.792. The summed E-state index contributed by atoms with van der Waals surface area (Å²) in [7, 11) is 0. The minimum Gasteiger partial charge on any atom is -0.476 e. The van der Waals surface area contributed by atoms with Crippen molar-refractivity contribution in [3.8, 4) is 0 Å². The Hall–Kier alpha value is -2.06. The number of aryl methyl sites for hydroxylation is 2. The normalized spacial score (nSPS) is 11.2. The molecule has 0 fully saturated rings. The number of carbonyl (C=O) groups is 1. The van der Waals surface area contributed by atoms with Crippen molar-refractivity contribution in [2.24, 2.45) is 0 Å². The van der Waals surface area contributed by atoms with Gasteiger partial charge in [-0.15, -0.1) is 22.7 Å². The molecule has 0 aromatic carbocycles. The number of aromatic nitrogens is 3. The lowest BCUT2D eigenvalue weighted by Crippen LogP contribution is -2.23. The lowest BCUT2D eigenvalue weighted by atomic mass is 10.3. The van der Waals surface area contributed by atoms with E-state index in [0.717, 1.165) is 16.1 Å². The highest BCUT2D eigenvalue weighted by molar-refractivity contribution is 7.18. The number of carboxylic acid groups (broad SMARTS) is 1. The highest BCUT2D eigenvalue weighted by Gasteiger charge is 2.14. The second kappa shape index (κ2) is 5.62. The molecule has 0 aliphatic heterocycles. The maximum atomic E-state index is 12.6. The number of hydrogen-bond acceptors (Lipinski definition) is 6. The van der Waals surface area contributed by atoms with E-state index in [2.05, 4.69) is 9.97 Å². The van der Waals surface area contributed by atoms with E-state index in [1.54, 1.807) is 11.5 Å². The maximum absolute atomic E-state index is 12.6. The van der Waals surface area contributed by atoms with Crippen LogP contribution in [0.1, 0.15) is 33.1 Å². The number of thiophene rings is 1. The van der Waals surface area contributed by atoms with Gasteiger partial charge in [0.15, 0.2) is 5.69 Å². The van der Waals surface area contributed by atoms with Crippen LogP contribution in [0.3, 0.4) is 0 Å². The van der Waals surface area contributed by atoms with Crippen LogP contribution in [-0.4, -0.2) is 25.6 Å². The lowest BCUT2D eigenvalue weighted by molar-refractivity contribution is 0.0691. The first-order chi connectivity index (χ1) is 10.5. The van der Waals surface area contributed by atoms with Crippen LogP contribution < -0.4 is 5.56 Å². The van der Waals surface area contributed by atoms with Gasteiger partial charge in [-0.3, -0.25) is 9.36 Å². The van der Waals surface area contributed by atoms with E-state index in [1.165, 1.54) is 28.1 Å². The molecule has 0 saturated heterocycles. The minimum absolute atomic E-state index is 0.00328. The molecule has 0 bridgehead atoms. The fourth-order valence-corrected chi connectivity index (χ4v) is 3.90. The molecule has 3 rings (SSSR count). The molecule has 3 aromatic rings. The van der Waals surface area contributed by atoms with E-state index in [-0.39, 0.29) is 17.8 Å². The summed E-state index contributed by atoms with van der Waals surface area (Å²) in [5.74, 6) is -0.459. The number of rotatable bonds is 4. The topological polar surface area (TPSA) is 85.1 Å². The number of fused-ring (bicyclic) bond motifs is 1. The Bertz CT molecular complexity index is 923. The Balaban J connectivity index is 2.05. The molecule has 1 N–H and O–H groups in total. The predicted molar refractivity (Wildman–Crippen MR) is 86.2 cm³/mol. The average Bonchev–Trinajstić information content (AvgIpc) is 3.09. The van der Waals surface area contributed by atoms with E-state index >= 15 is 0 Å². The summed E-state index contributed by atoms with van der Waals surface area (Å²) >= 11 is 2.76. The summed E-state index contributed by atoms with van der Waals surface area (Å²) in [6.07, 6.45) is 0.869. The zero-order chi connectivity index (χ0) is 15.9. The fraction of sp³-hybridized carbons (Fsp3) is 0.286. The van der Waals surface area contributed by atoms with Crippen LogP contribution in [0.25, 0.3) is 10.2 Å². The molecule has 6 nitrogen and oxygen atoms in total. The van der Waals surface area contributed by atoms with Crippen LogP contribution >= 0.6 is 22.7 Å². The third-order valence-corrected chi connectivity index (χ3v) is 5.31. The van der Waals surface area contributed by atoms with Gasteiger partial charge in [-0.25, -0.2) is 14.8 Å². The second-order valence-corrected chi connectivity index (χ2v) is 6.82. The van der Waals surface area contributed by atoms with Gasteiger partial charge in [0.25, 0.3) is 5.56 Å². The van der Waals surface area contributed by atoms with Gasteiger partial charge in [0.1, 0.15) is 15.7 Å². The molecule has 3 aromatic heterocycles. The molecule has 0 spiro atoms. The molecular formula is C14H13N3O3S2. The molecule has 22 heavy (non-hydrogen) atoms. The van der Waals surface area contributed by atoms with Crippen LogP contribution in [0.15, 0.2) is 16.2 Å². The van der Waals surface area contributed by atoms with Gasteiger partial charge in [0.2, 0.25) is 0 Å². The van der Waals surface area contributed by atoms with Gasteiger partial charge in [-0.2, -0.15) is 0 Å². The summed E-state index contributed by atoms with van der Waals surface area (Å²) in [5.41, 5.74) is -0.103. The average molecular weight is 335 g/mol. The molecule has 0 atom stereocenters. The van der Waals surface area contributed by atoms with E-state index in [9.17, 15) is 9.59 Å². The summed E-state index contributed by atoms with van der Waals surface area (Å²) < 4.78 is 1.54. The molecule has 0 saturated carbocycles. The van der Waals surface area contributed by atoms with E-state index in [0.29, 0.717) is 16.2 Å². The third-order valence-electron chi connectivity index (χ3n) is 3.31. The fourth-order valence-electron chi connectivity index (χ4n) is 2.14. The zero-order valence-corrected chi connectivity index (χ0v) is 13.6. The Morgan fingerprint density at radius 3 is 2.82 bits per heavy atom. The highest BCUT2D eigenvalue weighted by atomic mass is 32.1. The van der Waals surface area contributed by atoms with Crippen molar-refractivity contribution in [1.82, 2.24) is 14.5 Å². The van der Waals surface area contributed by atoms with Gasteiger partial charge in [0, 0.05) is 10.3 Å². The van der Waals surface area contributed by atoms with Crippen LogP contribution in [0.4, 0.5) is 0 Å². The van der Waals surface area contributed by atoms with Gasteiger partial charge in [0.05, 0.1) is 11.9 Å². The first-order valence-corrected chi connectivity index (χ1v) is 8.36. The van der Waals surface area contributed by atoms with Crippen LogP contribution in [0, 0.1) is 6.92 Å². The molecular weight excluding hydrogens is 322 g/mol. The van der Waals surface area contributed by atoms with Gasteiger partial charge in [-0.1, -0.05) is 6.92 Å². The van der Waals surface area contributed by atoms with Crippen molar-refractivity contribution in [3.05, 3.63) is 43.2 Å². The molecule has 0 radical (unpaired) electrons. The molecule has 0 amide bonds. The number of hydrogen-bond donors (Lipinski definition) is 1. The van der Waals surface area contributed by atoms with Gasteiger partial charge < -0.3 is 5.11 Å². The third kappa shape index (κ3) is 2.55. The molecule has 0 unspecified atom stereocenters. The second-order valence-electron chi connectivity index (χ2n) is 4.77. The first-order valence-electron chi connectivity index (χ1n) is 6.67. The Morgan fingerprint density at radius 2 is 2.18 bits per heavy atom. The molecule has 0 aliphatic carbocycles. The van der Waals surface area contributed by atoms with Crippen LogP contribution in [0.2, 0.25) is 0 Å². The monoisotopic (exact) mass is 335 g/mol. The molecule has 0 aliphatic rings. The summed E-state index contributed by atoms with van der Waals surface area (Å²) in [4.78, 5) is 33.9. The smallest absolute Gasteiger partial charge is 0.355 e. The Morgan fingerprint density at radius 1 is 1.41 bits per heavy atom. The van der Waals surface area contributed by atoms with Crippen molar-refractivity contribution in [2.75, 3.05) is 0 Å². The van der Waals surface area contributed by atoms with E-state index < -0.39 is 5.97 Å². The Labute approximate surface area is 133 Å². The minimum atomic E-state index is -1.06. The number of thiazole rings is 1. The highest BCUT2D eigenvalue weighted by Crippen LogP contribution is 2.22. The molecule has 3 heterocycles. The lowest BCUT2D eigenvalue weighted by Gasteiger charge is -2.07. The first kappa shape index (κ1) is 14.9. The standard InChI is InChI=1S/C14H13N3O3S2/c1-3-8-4-9-12(22-8)15-7(2)17(13(9)18)5-11-16-10(6-21-11)14(19)20/h4,6H,3,5H2,1-2H3,(H,19,20). The maximum Gasteiger partial charge on any atom is 0.355 e. The van der Waals surface area contributed by atoms with E-state index in [1.807, 2.05) is 13.0 Å². The van der Waals surface area contributed by atoms with Gasteiger partial charge >= 0.3 is 5.97 Å². The molecule has 114 valence electrons. The molecule has 8 heteroatoms. The number of carboxylic acids is 1. The van der Waals surface area contributed by atoms with Gasteiger partial charge in [-0.05, 0) is 19.4 Å². The van der Waals surface area contributed by atoms with Crippen molar-refractivity contribution >= 4 is 38.9 Å². The van der Waals surface area contributed by atoms with E-state index in [4.69, 9.17) is 5.11 Å². The number of nitrogens with zero attached hydrogens (tertiary/aromatic N) is 3. The number of aromatic carboxylic acids is 1. The van der Waals surface area contributed by atoms with Crippen molar-refractivity contribution in [2.45, 2.75) is 26.8 Å². The van der Waals surface area contributed by atoms with Crippen LogP contribution in [0.5, 0.6) is 0 Å². The zero-order valence-electron chi connectivity index (χ0n) is 12.0. The largest absolute Gasteiger partial charge is 0.476 e.